The molecule has 2 rings (SSSR count). The van der Waals surface area contributed by atoms with Crippen LogP contribution in [0.4, 0.5) is 0 Å². The lowest BCUT2D eigenvalue weighted by molar-refractivity contribution is -0.118. The Balaban J connectivity index is 1.74. The largest absolute Gasteiger partial charge is 0.303 e. The molecule has 1 aliphatic heterocycles. The van der Waals surface area contributed by atoms with E-state index in [0.717, 1.165) is 17.7 Å². The number of hydrogen-bond donors (Lipinski definition) is 1. The lowest BCUT2D eigenvalue weighted by Gasteiger charge is -2.04. The average molecular weight is 323 g/mol. The number of nitrogens with one attached hydrogen (secondary N) is 1. The van der Waals surface area contributed by atoms with E-state index in [1.807, 2.05) is 17.5 Å². The van der Waals surface area contributed by atoms with E-state index in [0.29, 0.717) is 5.17 Å². The van der Waals surface area contributed by atoms with Gasteiger partial charge in [0.05, 0.1) is 11.5 Å². The van der Waals surface area contributed by atoms with Gasteiger partial charge in [-0.25, -0.2) is 0 Å². The summed E-state index contributed by atoms with van der Waals surface area (Å²) in [6.45, 7) is 2.21. The van der Waals surface area contributed by atoms with Crippen molar-refractivity contribution in [1.82, 2.24) is 5.32 Å². The monoisotopic (exact) mass is 323 g/mol. The van der Waals surface area contributed by atoms with E-state index in [9.17, 15) is 4.79 Å². The van der Waals surface area contributed by atoms with Crippen molar-refractivity contribution in [2.45, 2.75) is 50.7 Å². The summed E-state index contributed by atoms with van der Waals surface area (Å²) in [4.78, 5) is 12.9. The second-order valence-electron chi connectivity index (χ2n) is 4.96. The number of carbonyl (C=O) groups is 1. The molecular formula is C15H21N3OS2. The number of amidine groups is 1. The van der Waals surface area contributed by atoms with Gasteiger partial charge >= 0.3 is 0 Å². The van der Waals surface area contributed by atoms with Crippen LogP contribution in [-0.2, 0) is 4.79 Å². The van der Waals surface area contributed by atoms with E-state index in [1.54, 1.807) is 17.6 Å². The molecule has 0 aromatic carbocycles. The van der Waals surface area contributed by atoms with Gasteiger partial charge in [-0.05, 0) is 17.9 Å². The van der Waals surface area contributed by atoms with Crippen LogP contribution in [0.2, 0.25) is 0 Å². The van der Waals surface area contributed by atoms with E-state index in [-0.39, 0.29) is 11.2 Å². The van der Waals surface area contributed by atoms with Crippen LogP contribution in [0.5, 0.6) is 0 Å². The fourth-order valence-corrected chi connectivity index (χ4v) is 3.63. The average Bonchev–Trinajstić information content (AvgIpc) is 3.09. The van der Waals surface area contributed by atoms with Crippen molar-refractivity contribution in [2.24, 2.45) is 10.2 Å². The molecule has 1 aromatic rings. The fraction of sp³-hybridized carbons (Fsp3) is 0.533. The van der Waals surface area contributed by atoms with E-state index in [1.165, 1.54) is 37.4 Å². The molecule has 1 aliphatic rings. The van der Waals surface area contributed by atoms with Crippen LogP contribution in [0.3, 0.4) is 0 Å². The first-order chi connectivity index (χ1) is 10.3. The third-order valence-corrected chi connectivity index (χ3v) is 5.17. The van der Waals surface area contributed by atoms with E-state index in [2.05, 4.69) is 22.4 Å². The van der Waals surface area contributed by atoms with Crippen molar-refractivity contribution >= 4 is 40.4 Å². The summed E-state index contributed by atoms with van der Waals surface area (Å²) in [5, 5.41) is 13.5. The minimum absolute atomic E-state index is 0.00214. The summed E-state index contributed by atoms with van der Waals surface area (Å²) in [6, 6.07) is 3.95. The van der Waals surface area contributed by atoms with Crippen LogP contribution in [-0.4, -0.2) is 22.5 Å². The molecule has 1 atom stereocenters. The van der Waals surface area contributed by atoms with Crippen molar-refractivity contribution in [3.8, 4) is 0 Å². The van der Waals surface area contributed by atoms with E-state index >= 15 is 0 Å². The molecule has 1 saturated heterocycles. The Labute approximate surface area is 134 Å². The highest BCUT2D eigenvalue weighted by molar-refractivity contribution is 8.15. The maximum atomic E-state index is 11.8. The van der Waals surface area contributed by atoms with Crippen LogP contribution in [0, 0.1) is 0 Å². The predicted molar refractivity (Wildman–Crippen MR) is 92.2 cm³/mol. The highest BCUT2D eigenvalue weighted by atomic mass is 32.2. The summed E-state index contributed by atoms with van der Waals surface area (Å²) in [5.41, 5.74) is 0. The molecule has 0 saturated carbocycles. The van der Waals surface area contributed by atoms with Crippen molar-refractivity contribution in [3.63, 3.8) is 0 Å². The molecule has 6 heteroatoms. The Kier molecular flexibility index (Phi) is 6.95. The molecule has 1 fully saturated rings. The minimum atomic E-state index is 0.00214. The van der Waals surface area contributed by atoms with Crippen molar-refractivity contribution in [1.29, 1.82) is 0 Å². The lowest BCUT2D eigenvalue weighted by Crippen LogP contribution is -2.24. The lowest BCUT2D eigenvalue weighted by atomic mass is 10.1. The molecule has 1 aromatic heterocycles. The summed E-state index contributed by atoms with van der Waals surface area (Å²) in [5.74, 6) is 0.0700. The third kappa shape index (κ3) is 5.63. The van der Waals surface area contributed by atoms with Crippen LogP contribution in [0.25, 0.3) is 0 Å². The molecule has 0 spiro atoms. The number of nitrogens with zero attached hydrogens (tertiary/aromatic N) is 2. The molecule has 1 N–H and O–H groups in total. The molecule has 2 heterocycles. The van der Waals surface area contributed by atoms with Gasteiger partial charge in [0.25, 0.3) is 0 Å². The molecular weight excluding hydrogens is 302 g/mol. The molecule has 0 unspecified atom stereocenters. The normalized spacial score (nSPS) is 20.5. The topological polar surface area (TPSA) is 53.8 Å². The molecule has 0 radical (unpaired) electrons. The van der Waals surface area contributed by atoms with Crippen LogP contribution in [0.1, 0.15) is 50.3 Å². The predicted octanol–water partition coefficient (Wildman–Crippen LogP) is 4.03. The minimum Gasteiger partial charge on any atom is -0.303 e. The van der Waals surface area contributed by atoms with Gasteiger partial charge in [0, 0.05) is 4.88 Å². The van der Waals surface area contributed by atoms with E-state index < -0.39 is 0 Å². The van der Waals surface area contributed by atoms with E-state index in [4.69, 9.17) is 0 Å². The standard InChI is InChI=1S/C15H21N3OS2/c1-2-3-4-5-6-9-13-14(19)17-15(21-13)18-16-11-12-8-7-10-20-12/h7-8,10-11,13H,2-6,9H2,1H3,(H,17,18,19)/t13-/m1/s1. The number of rotatable bonds is 8. The summed E-state index contributed by atoms with van der Waals surface area (Å²) in [7, 11) is 0. The van der Waals surface area contributed by atoms with Crippen LogP contribution in [0.15, 0.2) is 27.7 Å². The van der Waals surface area contributed by atoms with Crippen molar-refractivity contribution in [3.05, 3.63) is 22.4 Å². The van der Waals surface area contributed by atoms with Crippen molar-refractivity contribution in [2.75, 3.05) is 0 Å². The molecule has 1 amide bonds. The summed E-state index contributed by atoms with van der Waals surface area (Å²) >= 11 is 3.11. The highest BCUT2D eigenvalue weighted by Gasteiger charge is 2.29. The van der Waals surface area contributed by atoms with Crippen LogP contribution < -0.4 is 5.32 Å². The number of unbranched alkanes of at least 4 members (excludes halogenated alkanes) is 4. The second-order valence-corrected chi connectivity index (χ2v) is 7.13. The van der Waals surface area contributed by atoms with Crippen molar-refractivity contribution < 1.29 is 4.79 Å². The van der Waals surface area contributed by atoms with Gasteiger partial charge in [-0.2, -0.15) is 5.10 Å². The maximum absolute atomic E-state index is 11.8. The fourth-order valence-electron chi connectivity index (χ4n) is 2.08. The smallest absolute Gasteiger partial charge is 0.239 e. The molecule has 4 nitrogen and oxygen atoms in total. The number of carbonyl (C=O) groups excluding carboxylic acids is 1. The Hall–Kier alpha value is -1.14. The van der Waals surface area contributed by atoms with Crippen LogP contribution >= 0.6 is 23.1 Å². The van der Waals surface area contributed by atoms with Gasteiger partial charge in [0.2, 0.25) is 5.91 Å². The molecule has 0 bridgehead atoms. The number of thiophene rings is 1. The first-order valence-electron chi connectivity index (χ1n) is 7.41. The van der Waals surface area contributed by atoms with Gasteiger partial charge in [-0.1, -0.05) is 56.9 Å². The molecule has 21 heavy (non-hydrogen) atoms. The summed E-state index contributed by atoms with van der Waals surface area (Å²) in [6.07, 6.45) is 8.75. The maximum Gasteiger partial charge on any atom is 0.239 e. The Morgan fingerprint density at radius 1 is 1.33 bits per heavy atom. The first-order valence-corrected chi connectivity index (χ1v) is 9.17. The number of thioether (sulfide) groups is 1. The van der Waals surface area contributed by atoms with Gasteiger partial charge < -0.3 is 5.32 Å². The Bertz CT molecular complexity index is 497. The summed E-state index contributed by atoms with van der Waals surface area (Å²) < 4.78 is 0. The number of amides is 1. The zero-order chi connectivity index (χ0) is 14.9. The number of hydrogen-bond acceptors (Lipinski definition) is 5. The zero-order valence-corrected chi connectivity index (χ0v) is 13.9. The van der Waals surface area contributed by atoms with Gasteiger partial charge in [0.15, 0.2) is 5.17 Å². The second kappa shape index (κ2) is 9.00. The zero-order valence-electron chi connectivity index (χ0n) is 12.2. The van der Waals surface area contributed by atoms with Gasteiger partial charge in [-0.3, -0.25) is 4.79 Å². The highest BCUT2D eigenvalue weighted by Crippen LogP contribution is 2.24. The SMILES string of the molecule is CCCCCCC[C@H]1SC(=NN=Cc2cccs2)NC1=O. The first kappa shape index (κ1) is 16.2. The third-order valence-electron chi connectivity index (χ3n) is 3.22. The Morgan fingerprint density at radius 3 is 2.95 bits per heavy atom. The van der Waals surface area contributed by atoms with Gasteiger partial charge in [-0.15, -0.1) is 16.4 Å². The van der Waals surface area contributed by atoms with Gasteiger partial charge in [0.1, 0.15) is 0 Å². The molecule has 0 aliphatic carbocycles. The Morgan fingerprint density at radius 2 is 2.19 bits per heavy atom. The quantitative estimate of drug-likeness (QED) is 0.446. The molecule has 114 valence electrons.